The number of aryl methyl sites for hydroxylation is 2. The van der Waals surface area contributed by atoms with E-state index in [1.807, 2.05) is 80.6 Å². The molecule has 0 saturated carbocycles. The number of hydrogen-bond donors (Lipinski definition) is 1. The van der Waals surface area contributed by atoms with Crippen LogP contribution in [0.4, 0.5) is 0 Å². The summed E-state index contributed by atoms with van der Waals surface area (Å²) in [7, 11) is 1.35. The van der Waals surface area contributed by atoms with Crippen molar-refractivity contribution in [3.8, 4) is 11.1 Å². The molecule has 4 rings (SSSR count). The monoisotopic (exact) mass is 399 g/mol. The van der Waals surface area contributed by atoms with E-state index in [2.05, 4.69) is 5.32 Å². The standard InChI is InChI=1S/C26H25NO3/c1-16-9-8-10-17(2)22(16)15-23(26(29)30-3)27-25(28)24-20-13-6-4-11-18(20)19-12-5-7-14-21(19)24/h4-14,23-24H,15H2,1-3H3,(H,27,28)/t23-/m1/s1. The van der Waals surface area contributed by atoms with Crippen LogP contribution in [0.3, 0.4) is 0 Å². The number of carbonyl (C=O) groups excluding carboxylic acids is 2. The molecule has 4 heteroatoms. The minimum Gasteiger partial charge on any atom is -0.467 e. The van der Waals surface area contributed by atoms with E-state index in [1.165, 1.54) is 7.11 Å². The summed E-state index contributed by atoms with van der Waals surface area (Å²) < 4.78 is 5.01. The smallest absolute Gasteiger partial charge is 0.328 e. The molecule has 0 aliphatic heterocycles. The fraction of sp³-hybridized carbons (Fsp3) is 0.231. The summed E-state index contributed by atoms with van der Waals surface area (Å²) in [6, 6.07) is 21.2. The van der Waals surface area contributed by atoms with E-state index in [1.54, 1.807) is 0 Å². The van der Waals surface area contributed by atoms with Gasteiger partial charge in [-0.25, -0.2) is 4.79 Å². The highest BCUT2D eigenvalue weighted by Gasteiger charge is 2.35. The Labute approximate surface area is 176 Å². The average molecular weight is 399 g/mol. The highest BCUT2D eigenvalue weighted by atomic mass is 16.5. The van der Waals surface area contributed by atoms with Gasteiger partial charge in [0.25, 0.3) is 0 Å². The SMILES string of the molecule is COC(=O)[C@@H](Cc1c(C)cccc1C)NC(=O)C1c2ccccc2-c2ccccc21. The van der Waals surface area contributed by atoms with Gasteiger partial charge in [-0.3, -0.25) is 4.79 Å². The molecular formula is C26H25NO3. The maximum absolute atomic E-state index is 13.4. The maximum atomic E-state index is 13.4. The molecule has 0 saturated heterocycles. The minimum absolute atomic E-state index is 0.186. The van der Waals surface area contributed by atoms with Gasteiger partial charge in [-0.05, 0) is 52.8 Å². The lowest BCUT2D eigenvalue weighted by Crippen LogP contribution is -2.45. The van der Waals surface area contributed by atoms with Crippen LogP contribution < -0.4 is 5.32 Å². The van der Waals surface area contributed by atoms with Crippen LogP contribution in [0, 0.1) is 13.8 Å². The Hall–Kier alpha value is -3.40. The number of hydrogen-bond acceptors (Lipinski definition) is 3. The second kappa shape index (κ2) is 8.15. The van der Waals surface area contributed by atoms with Gasteiger partial charge in [0.2, 0.25) is 5.91 Å². The molecule has 4 nitrogen and oxygen atoms in total. The number of fused-ring (bicyclic) bond motifs is 3. The first-order valence-electron chi connectivity index (χ1n) is 10.1. The van der Waals surface area contributed by atoms with Crippen molar-refractivity contribution in [3.05, 3.63) is 94.5 Å². The van der Waals surface area contributed by atoms with Crippen LogP contribution in [0.15, 0.2) is 66.7 Å². The van der Waals surface area contributed by atoms with E-state index < -0.39 is 17.9 Å². The number of benzene rings is 3. The Morgan fingerprint density at radius 1 is 0.867 bits per heavy atom. The second-order valence-corrected chi connectivity index (χ2v) is 7.77. The van der Waals surface area contributed by atoms with E-state index in [0.717, 1.165) is 38.9 Å². The molecule has 0 fully saturated rings. The number of amides is 1. The van der Waals surface area contributed by atoms with Crippen molar-refractivity contribution in [1.82, 2.24) is 5.32 Å². The third-order valence-corrected chi connectivity index (χ3v) is 5.95. The number of ether oxygens (including phenoxy) is 1. The maximum Gasteiger partial charge on any atom is 0.328 e. The number of rotatable bonds is 5. The minimum atomic E-state index is -0.748. The van der Waals surface area contributed by atoms with E-state index in [-0.39, 0.29) is 5.91 Å². The van der Waals surface area contributed by atoms with Gasteiger partial charge in [0.1, 0.15) is 6.04 Å². The van der Waals surface area contributed by atoms with Crippen molar-refractivity contribution in [2.45, 2.75) is 32.2 Å². The molecule has 3 aromatic carbocycles. The molecule has 0 heterocycles. The number of nitrogens with one attached hydrogen (secondary N) is 1. The van der Waals surface area contributed by atoms with Gasteiger partial charge < -0.3 is 10.1 Å². The first kappa shape index (κ1) is 19.9. The summed E-state index contributed by atoms with van der Waals surface area (Å²) in [6.07, 6.45) is 0.396. The third-order valence-electron chi connectivity index (χ3n) is 5.95. The van der Waals surface area contributed by atoms with E-state index in [9.17, 15) is 9.59 Å². The van der Waals surface area contributed by atoms with Crippen LogP contribution in [0.1, 0.15) is 33.7 Å². The zero-order valence-electron chi connectivity index (χ0n) is 17.4. The molecule has 0 spiro atoms. The molecule has 1 N–H and O–H groups in total. The molecule has 1 amide bonds. The van der Waals surface area contributed by atoms with Crippen molar-refractivity contribution >= 4 is 11.9 Å². The molecular weight excluding hydrogens is 374 g/mol. The Kier molecular flexibility index (Phi) is 5.40. The predicted molar refractivity (Wildman–Crippen MR) is 117 cm³/mol. The summed E-state index contributed by atoms with van der Waals surface area (Å²) in [5.41, 5.74) is 7.30. The van der Waals surface area contributed by atoms with Crippen LogP contribution in [-0.4, -0.2) is 25.0 Å². The summed E-state index contributed by atoms with van der Waals surface area (Å²) in [4.78, 5) is 26.0. The molecule has 152 valence electrons. The normalized spacial score (nSPS) is 13.3. The van der Waals surface area contributed by atoms with Crippen molar-refractivity contribution in [3.63, 3.8) is 0 Å². The highest BCUT2D eigenvalue weighted by molar-refractivity contribution is 5.97. The molecule has 30 heavy (non-hydrogen) atoms. The molecule has 0 unspecified atom stereocenters. The van der Waals surface area contributed by atoms with Crippen LogP contribution in [-0.2, 0) is 20.7 Å². The van der Waals surface area contributed by atoms with Gasteiger partial charge in [0.05, 0.1) is 13.0 Å². The highest BCUT2D eigenvalue weighted by Crippen LogP contribution is 2.44. The molecule has 0 radical (unpaired) electrons. The summed E-state index contributed by atoms with van der Waals surface area (Å²) >= 11 is 0. The van der Waals surface area contributed by atoms with Gasteiger partial charge in [-0.1, -0.05) is 66.7 Å². The van der Waals surface area contributed by atoms with Crippen molar-refractivity contribution in [1.29, 1.82) is 0 Å². The van der Waals surface area contributed by atoms with Crippen molar-refractivity contribution in [2.75, 3.05) is 7.11 Å². The Balaban J connectivity index is 1.66. The predicted octanol–water partition coefficient (Wildman–Crippen LogP) is 4.32. The first-order chi connectivity index (χ1) is 14.5. The topological polar surface area (TPSA) is 55.4 Å². The Morgan fingerprint density at radius 3 is 1.93 bits per heavy atom. The zero-order chi connectivity index (χ0) is 21.3. The largest absolute Gasteiger partial charge is 0.467 e. The zero-order valence-corrected chi connectivity index (χ0v) is 17.4. The molecule has 1 atom stereocenters. The lowest BCUT2D eigenvalue weighted by molar-refractivity contribution is -0.145. The number of esters is 1. The average Bonchev–Trinajstić information content (AvgIpc) is 3.09. The van der Waals surface area contributed by atoms with Gasteiger partial charge in [0.15, 0.2) is 0 Å². The van der Waals surface area contributed by atoms with E-state index >= 15 is 0 Å². The van der Waals surface area contributed by atoms with Crippen LogP contribution in [0.25, 0.3) is 11.1 Å². The molecule has 1 aliphatic rings. The molecule has 0 bridgehead atoms. The number of carbonyl (C=O) groups is 2. The number of methoxy groups -OCH3 is 1. The quantitative estimate of drug-likeness (QED) is 0.650. The van der Waals surface area contributed by atoms with Crippen LogP contribution >= 0.6 is 0 Å². The summed E-state index contributed by atoms with van der Waals surface area (Å²) in [5, 5.41) is 2.98. The van der Waals surface area contributed by atoms with Gasteiger partial charge >= 0.3 is 5.97 Å². The summed E-state index contributed by atoms with van der Waals surface area (Å²) in [5.74, 6) is -1.07. The summed E-state index contributed by atoms with van der Waals surface area (Å²) in [6.45, 7) is 4.03. The lowest BCUT2D eigenvalue weighted by Gasteiger charge is -2.22. The Morgan fingerprint density at radius 2 is 1.40 bits per heavy atom. The fourth-order valence-electron chi connectivity index (χ4n) is 4.40. The van der Waals surface area contributed by atoms with Gasteiger partial charge in [0, 0.05) is 6.42 Å². The van der Waals surface area contributed by atoms with Gasteiger partial charge in [-0.2, -0.15) is 0 Å². The van der Waals surface area contributed by atoms with E-state index in [4.69, 9.17) is 4.74 Å². The fourth-order valence-corrected chi connectivity index (χ4v) is 4.40. The second-order valence-electron chi connectivity index (χ2n) is 7.77. The Bertz CT molecular complexity index is 1050. The van der Waals surface area contributed by atoms with Gasteiger partial charge in [-0.15, -0.1) is 0 Å². The molecule has 1 aliphatic carbocycles. The molecule has 3 aromatic rings. The third kappa shape index (κ3) is 3.50. The molecule has 0 aromatic heterocycles. The first-order valence-corrected chi connectivity index (χ1v) is 10.1. The van der Waals surface area contributed by atoms with Crippen molar-refractivity contribution < 1.29 is 14.3 Å². The van der Waals surface area contributed by atoms with Crippen LogP contribution in [0.5, 0.6) is 0 Å². The van der Waals surface area contributed by atoms with Crippen molar-refractivity contribution in [2.24, 2.45) is 0 Å². The lowest BCUT2D eigenvalue weighted by atomic mass is 9.93. The van der Waals surface area contributed by atoms with E-state index in [0.29, 0.717) is 6.42 Å². The van der Waals surface area contributed by atoms with Crippen LogP contribution in [0.2, 0.25) is 0 Å².